The summed E-state index contributed by atoms with van der Waals surface area (Å²) in [5.74, 6) is -0.787. The van der Waals surface area contributed by atoms with Crippen molar-refractivity contribution >= 4 is 11.4 Å². The summed E-state index contributed by atoms with van der Waals surface area (Å²) >= 11 is 0. The Labute approximate surface area is 292 Å². The summed E-state index contributed by atoms with van der Waals surface area (Å²) < 4.78 is 32.8. The molecule has 0 aromatic heterocycles. The van der Waals surface area contributed by atoms with Crippen LogP contribution in [0, 0.1) is 11.6 Å². The first-order valence-corrected chi connectivity index (χ1v) is 17.2. The van der Waals surface area contributed by atoms with Crippen LogP contribution in [0.1, 0.15) is 43.0 Å². The molecular weight excluding hydrogens is 617 g/mol. The topological polar surface area (TPSA) is 3.24 Å². The minimum Gasteiger partial charge on any atom is -0.331 e. The molecule has 1 nitrogen and oxygen atoms in total. The van der Waals surface area contributed by atoms with Gasteiger partial charge in [0, 0.05) is 11.1 Å². The zero-order chi connectivity index (χ0) is 34.2. The Morgan fingerprint density at radius 2 is 0.960 bits per heavy atom. The second-order valence-corrected chi connectivity index (χ2v) is 14.3. The molecular formula is C47H35F2N. The van der Waals surface area contributed by atoms with Crippen molar-refractivity contribution in [2.45, 2.75) is 31.7 Å². The third kappa shape index (κ3) is 4.23. The predicted octanol–water partition coefficient (Wildman–Crippen LogP) is 12.6. The first-order chi connectivity index (χ1) is 24.3. The van der Waals surface area contributed by atoms with E-state index in [4.69, 9.17) is 0 Å². The van der Waals surface area contributed by atoms with Crippen LogP contribution in [0.25, 0.3) is 44.5 Å². The highest BCUT2D eigenvalue weighted by Gasteiger charge is 2.52. The summed E-state index contributed by atoms with van der Waals surface area (Å²) in [4.78, 5) is 1.80. The van der Waals surface area contributed by atoms with Crippen LogP contribution in [0.5, 0.6) is 0 Å². The first kappa shape index (κ1) is 30.3. The average Bonchev–Trinajstić information content (AvgIpc) is 3.61. The summed E-state index contributed by atoms with van der Waals surface area (Å²) in [6, 6.07) is 53.0. The standard InChI is InChI=1S/C47H35F2N/c1-46(2,3)50(42-27-14-13-26-41(42)48)43-29-31(28-36(45(43)49)30-16-5-4-6-17-30)32-21-15-25-40-44(32)35-20-9-12-24-39(35)47(40)37-22-10-7-18-33(37)34-19-8-11-23-38(34)47/h4-29H,1-3H3. The van der Waals surface area contributed by atoms with Gasteiger partial charge in [-0.15, -0.1) is 0 Å². The lowest BCUT2D eigenvalue weighted by Gasteiger charge is -2.38. The average molecular weight is 652 g/mol. The van der Waals surface area contributed by atoms with Crippen LogP contribution in [0.3, 0.4) is 0 Å². The maximum atomic E-state index is 17.2. The smallest absolute Gasteiger partial charge is 0.154 e. The van der Waals surface area contributed by atoms with Crippen molar-refractivity contribution in [2.75, 3.05) is 4.90 Å². The molecule has 0 unspecified atom stereocenters. The van der Waals surface area contributed by atoms with E-state index in [9.17, 15) is 0 Å². The van der Waals surface area contributed by atoms with Gasteiger partial charge in [-0.2, -0.15) is 0 Å². The molecule has 0 amide bonds. The number of para-hydroxylation sites is 1. The summed E-state index contributed by atoms with van der Waals surface area (Å²) in [7, 11) is 0. The number of hydrogen-bond acceptors (Lipinski definition) is 1. The van der Waals surface area contributed by atoms with Crippen LogP contribution in [-0.2, 0) is 5.41 Å². The lowest BCUT2D eigenvalue weighted by atomic mass is 9.70. The van der Waals surface area contributed by atoms with Crippen molar-refractivity contribution in [2.24, 2.45) is 0 Å². The van der Waals surface area contributed by atoms with E-state index in [-0.39, 0.29) is 5.82 Å². The van der Waals surface area contributed by atoms with E-state index in [2.05, 4.69) is 91.0 Å². The Hall–Kier alpha value is -5.80. The molecule has 242 valence electrons. The number of hydrogen-bond donors (Lipinski definition) is 0. The SMILES string of the molecule is CC(C)(C)N(c1ccccc1F)c1cc(-c2cccc3c2-c2ccccc2C32c3ccccc3-c3ccccc32)cc(-c2ccccc2)c1F. The molecule has 0 saturated carbocycles. The van der Waals surface area contributed by atoms with E-state index in [1.54, 1.807) is 23.1 Å². The van der Waals surface area contributed by atoms with Gasteiger partial charge in [-0.25, -0.2) is 8.78 Å². The highest BCUT2D eigenvalue weighted by atomic mass is 19.1. The van der Waals surface area contributed by atoms with Gasteiger partial charge in [0.15, 0.2) is 5.82 Å². The molecule has 1 spiro atoms. The van der Waals surface area contributed by atoms with E-state index in [1.165, 1.54) is 45.0 Å². The second-order valence-electron chi connectivity index (χ2n) is 14.3. The predicted molar refractivity (Wildman–Crippen MR) is 202 cm³/mol. The van der Waals surface area contributed by atoms with Crippen molar-refractivity contribution < 1.29 is 8.78 Å². The number of anilines is 2. The van der Waals surface area contributed by atoms with Crippen LogP contribution in [0.2, 0.25) is 0 Å². The van der Waals surface area contributed by atoms with Crippen molar-refractivity contribution in [3.63, 3.8) is 0 Å². The fourth-order valence-corrected chi connectivity index (χ4v) is 8.62. The van der Waals surface area contributed by atoms with Gasteiger partial charge >= 0.3 is 0 Å². The highest BCUT2D eigenvalue weighted by molar-refractivity contribution is 6.00. The van der Waals surface area contributed by atoms with Gasteiger partial charge < -0.3 is 4.90 Å². The number of fused-ring (bicyclic) bond motifs is 10. The first-order valence-electron chi connectivity index (χ1n) is 17.2. The normalized spacial score (nSPS) is 13.5. The monoisotopic (exact) mass is 651 g/mol. The molecule has 2 aliphatic rings. The molecule has 9 rings (SSSR count). The van der Waals surface area contributed by atoms with Crippen molar-refractivity contribution in [1.29, 1.82) is 0 Å². The maximum absolute atomic E-state index is 17.2. The van der Waals surface area contributed by atoms with Gasteiger partial charge in [0.05, 0.1) is 16.8 Å². The summed E-state index contributed by atoms with van der Waals surface area (Å²) in [6.07, 6.45) is 0. The third-order valence-electron chi connectivity index (χ3n) is 10.5. The molecule has 7 aromatic carbocycles. The van der Waals surface area contributed by atoms with Gasteiger partial charge in [-0.1, -0.05) is 133 Å². The third-order valence-corrected chi connectivity index (χ3v) is 10.5. The second kappa shape index (κ2) is 11.1. The van der Waals surface area contributed by atoms with E-state index in [1.807, 2.05) is 63.2 Å². The number of rotatable bonds is 4. The zero-order valence-electron chi connectivity index (χ0n) is 28.2. The molecule has 0 saturated heterocycles. The van der Waals surface area contributed by atoms with E-state index in [0.717, 1.165) is 22.3 Å². The van der Waals surface area contributed by atoms with Crippen LogP contribution in [0.4, 0.5) is 20.2 Å². The van der Waals surface area contributed by atoms with E-state index < -0.39 is 16.8 Å². The van der Waals surface area contributed by atoms with Gasteiger partial charge in [0.25, 0.3) is 0 Å². The molecule has 50 heavy (non-hydrogen) atoms. The summed E-state index contributed by atoms with van der Waals surface area (Å²) in [6.45, 7) is 5.97. The molecule has 0 aliphatic heterocycles. The number of nitrogens with zero attached hydrogens (tertiary/aromatic N) is 1. The molecule has 0 atom stereocenters. The van der Waals surface area contributed by atoms with Crippen LogP contribution < -0.4 is 4.90 Å². The molecule has 2 aliphatic carbocycles. The van der Waals surface area contributed by atoms with Gasteiger partial charge in [-0.05, 0) is 106 Å². The minimum atomic E-state index is -0.651. The quantitative estimate of drug-likeness (QED) is 0.183. The Kier molecular flexibility index (Phi) is 6.73. The van der Waals surface area contributed by atoms with E-state index >= 15 is 8.78 Å². The number of benzene rings is 7. The van der Waals surface area contributed by atoms with Crippen LogP contribution in [0.15, 0.2) is 158 Å². The lowest BCUT2D eigenvalue weighted by molar-refractivity contribution is 0.527. The Morgan fingerprint density at radius 3 is 1.60 bits per heavy atom. The summed E-state index contributed by atoms with van der Waals surface area (Å²) in [5.41, 5.74) is 12.4. The van der Waals surface area contributed by atoms with E-state index in [0.29, 0.717) is 16.9 Å². The largest absolute Gasteiger partial charge is 0.331 e. The Bertz CT molecular complexity index is 2410. The van der Waals surface area contributed by atoms with Crippen molar-refractivity contribution in [3.05, 3.63) is 192 Å². The van der Waals surface area contributed by atoms with Gasteiger partial charge in [0.1, 0.15) is 5.82 Å². The Balaban J connectivity index is 1.37. The molecule has 0 radical (unpaired) electrons. The lowest BCUT2D eigenvalue weighted by Crippen LogP contribution is -2.38. The van der Waals surface area contributed by atoms with Crippen LogP contribution in [-0.4, -0.2) is 5.54 Å². The van der Waals surface area contributed by atoms with Gasteiger partial charge in [-0.3, -0.25) is 0 Å². The maximum Gasteiger partial charge on any atom is 0.154 e. The minimum absolute atomic E-state index is 0.328. The summed E-state index contributed by atoms with van der Waals surface area (Å²) in [5, 5.41) is 0. The fourth-order valence-electron chi connectivity index (χ4n) is 8.62. The molecule has 7 aromatic rings. The molecule has 0 N–H and O–H groups in total. The molecule has 0 bridgehead atoms. The zero-order valence-corrected chi connectivity index (χ0v) is 28.2. The number of halogens is 2. The highest BCUT2D eigenvalue weighted by Crippen LogP contribution is 2.64. The fraction of sp³-hybridized carbons (Fsp3) is 0.106. The molecule has 0 fully saturated rings. The van der Waals surface area contributed by atoms with Gasteiger partial charge in [0.2, 0.25) is 0 Å². The molecule has 0 heterocycles. The Morgan fingerprint density at radius 1 is 0.440 bits per heavy atom. The van der Waals surface area contributed by atoms with Crippen molar-refractivity contribution in [3.8, 4) is 44.5 Å². The van der Waals surface area contributed by atoms with Crippen molar-refractivity contribution in [1.82, 2.24) is 0 Å². The van der Waals surface area contributed by atoms with Crippen LogP contribution >= 0.6 is 0 Å². The molecule has 3 heteroatoms.